The number of hydrogen-bond donors (Lipinski definition) is 1. The number of hydrogen-bond acceptors (Lipinski definition) is 3. The van der Waals surface area contributed by atoms with Crippen LogP contribution in [0.3, 0.4) is 0 Å². The number of aromatic carboxylic acids is 1. The van der Waals surface area contributed by atoms with E-state index in [1.54, 1.807) is 24.3 Å². The van der Waals surface area contributed by atoms with Crippen molar-refractivity contribution in [2.75, 3.05) is 6.54 Å². The fourth-order valence-electron chi connectivity index (χ4n) is 4.16. The number of para-hydroxylation sites is 2. The molecule has 6 nitrogen and oxygen atoms in total. The molecule has 3 aromatic rings. The van der Waals surface area contributed by atoms with E-state index in [0.29, 0.717) is 12.1 Å². The Morgan fingerprint density at radius 1 is 1.14 bits per heavy atom. The van der Waals surface area contributed by atoms with E-state index in [-0.39, 0.29) is 23.9 Å². The minimum absolute atomic E-state index is 0.0501. The minimum atomic E-state index is -1.01. The van der Waals surface area contributed by atoms with Gasteiger partial charge in [0.2, 0.25) is 5.91 Å². The Morgan fingerprint density at radius 3 is 2.68 bits per heavy atom. The molecular formula is C22H23N3O3. The lowest BCUT2D eigenvalue weighted by atomic mass is 10.0. The van der Waals surface area contributed by atoms with Crippen LogP contribution in [0.15, 0.2) is 48.5 Å². The molecule has 1 aliphatic heterocycles. The number of amides is 1. The van der Waals surface area contributed by atoms with E-state index in [9.17, 15) is 14.7 Å². The van der Waals surface area contributed by atoms with Gasteiger partial charge in [0.05, 0.1) is 29.1 Å². The van der Waals surface area contributed by atoms with Gasteiger partial charge in [-0.3, -0.25) is 4.79 Å². The molecule has 4 rings (SSSR count). The third-order valence-electron chi connectivity index (χ3n) is 5.46. The topological polar surface area (TPSA) is 75.4 Å². The highest BCUT2D eigenvalue weighted by Crippen LogP contribution is 2.34. The van der Waals surface area contributed by atoms with Crippen LogP contribution in [0.5, 0.6) is 0 Å². The van der Waals surface area contributed by atoms with Crippen LogP contribution in [0.1, 0.15) is 47.6 Å². The molecule has 2 heterocycles. The fourth-order valence-corrected chi connectivity index (χ4v) is 4.16. The summed E-state index contributed by atoms with van der Waals surface area (Å²) in [5, 5.41) is 9.38. The Labute approximate surface area is 163 Å². The molecule has 1 saturated heterocycles. The second-order valence-corrected chi connectivity index (χ2v) is 7.09. The summed E-state index contributed by atoms with van der Waals surface area (Å²) in [5.74, 6) is -0.138. The second-order valence-electron chi connectivity index (χ2n) is 7.09. The number of carbonyl (C=O) groups is 2. The fraction of sp³-hybridized carbons (Fsp3) is 0.318. The van der Waals surface area contributed by atoms with Crippen molar-refractivity contribution in [2.45, 2.75) is 38.8 Å². The first kappa shape index (κ1) is 18.2. The molecule has 6 heteroatoms. The monoisotopic (exact) mass is 377 g/mol. The predicted octanol–water partition coefficient (Wildman–Crippen LogP) is 3.66. The first-order valence-electron chi connectivity index (χ1n) is 9.66. The molecule has 1 amide bonds. The van der Waals surface area contributed by atoms with Gasteiger partial charge < -0.3 is 14.6 Å². The van der Waals surface area contributed by atoms with Crippen molar-refractivity contribution in [1.82, 2.24) is 14.5 Å². The summed E-state index contributed by atoms with van der Waals surface area (Å²) in [6.45, 7) is 3.55. The Balaban J connectivity index is 1.64. The molecule has 1 atom stereocenters. The van der Waals surface area contributed by atoms with Gasteiger partial charge in [0, 0.05) is 13.1 Å². The van der Waals surface area contributed by atoms with E-state index in [0.717, 1.165) is 36.2 Å². The summed E-state index contributed by atoms with van der Waals surface area (Å²) in [6, 6.07) is 14.7. The summed E-state index contributed by atoms with van der Waals surface area (Å²) in [5.41, 5.74) is 2.76. The van der Waals surface area contributed by atoms with E-state index in [2.05, 4.69) is 17.6 Å². The summed E-state index contributed by atoms with van der Waals surface area (Å²) in [7, 11) is 0. The first-order valence-corrected chi connectivity index (χ1v) is 9.66. The van der Waals surface area contributed by atoms with Gasteiger partial charge in [-0.15, -0.1) is 0 Å². The van der Waals surface area contributed by atoms with Gasteiger partial charge in [-0.05, 0) is 43.5 Å². The average molecular weight is 377 g/mol. The summed E-state index contributed by atoms with van der Waals surface area (Å²) in [4.78, 5) is 31.2. The Bertz CT molecular complexity index is 1040. The molecule has 0 aliphatic carbocycles. The zero-order valence-corrected chi connectivity index (χ0v) is 15.8. The van der Waals surface area contributed by atoms with Crippen LogP contribution in [0.4, 0.5) is 0 Å². The molecule has 1 N–H and O–H groups in total. The average Bonchev–Trinajstić information content (AvgIpc) is 3.32. The maximum Gasteiger partial charge on any atom is 0.335 e. The number of rotatable bonds is 5. The molecule has 1 aromatic heterocycles. The number of carboxylic acids is 1. The Hall–Kier alpha value is -3.15. The highest BCUT2D eigenvalue weighted by molar-refractivity contribution is 5.91. The van der Waals surface area contributed by atoms with Crippen molar-refractivity contribution < 1.29 is 14.7 Å². The number of aryl methyl sites for hydroxylation is 1. The summed E-state index contributed by atoms with van der Waals surface area (Å²) in [6.07, 6.45) is 1.88. The molecule has 1 fully saturated rings. The smallest absolute Gasteiger partial charge is 0.335 e. The number of fused-ring (bicyclic) bond motifs is 1. The van der Waals surface area contributed by atoms with Gasteiger partial charge in [-0.1, -0.05) is 30.3 Å². The number of benzene rings is 2. The lowest BCUT2D eigenvalue weighted by molar-refractivity contribution is -0.131. The summed E-state index contributed by atoms with van der Waals surface area (Å²) < 4.78 is 2.18. The molecule has 0 saturated carbocycles. The van der Waals surface area contributed by atoms with Crippen LogP contribution in [-0.4, -0.2) is 38.0 Å². The van der Waals surface area contributed by atoms with Crippen molar-refractivity contribution in [1.29, 1.82) is 0 Å². The lowest BCUT2D eigenvalue weighted by Crippen LogP contribution is -2.33. The number of imidazole rings is 1. The molecule has 2 aromatic carbocycles. The first-order chi connectivity index (χ1) is 13.6. The zero-order chi connectivity index (χ0) is 19.7. The minimum Gasteiger partial charge on any atom is -0.478 e. The third kappa shape index (κ3) is 3.15. The van der Waals surface area contributed by atoms with Crippen molar-refractivity contribution in [2.24, 2.45) is 0 Å². The molecule has 0 radical (unpaired) electrons. The van der Waals surface area contributed by atoms with Crippen LogP contribution in [0.2, 0.25) is 0 Å². The molecular weight excluding hydrogens is 354 g/mol. The zero-order valence-electron chi connectivity index (χ0n) is 15.8. The van der Waals surface area contributed by atoms with Gasteiger partial charge >= 0.3 is 5.97 Å². The number of carbonyl (C=O) groups excluding carboxylic acids is 1. The van der Waals surface area contributed by atoms with E-state index < -0.39 is 5.97 Å². The molecule has 144 valence electrons. The van der Waals surface area contributed by atoms with Crippen LogP contribution in [0, 0.1) is 0 Å². The van der Waals surface area contributed by atoms with E-state index >= 15 is 0 Å². The quantitative estimate of drug-likeness (QED) is 0.736. The van der Waals surface area contributed by atoms with Gasteiger partial charge in [0.25, 0.3) is 0 Å². The third-order valence-corrected chi connectivity index (χ3v) is 5.46. The number of aromatic nitrogens is 2. The van der Waals surface area contributed by atoms with E-state index in [1.165, 1.54) is 0 Å². The van der Waals surface area contributed by atoms with Crippen molar-refractivity contribution in [3.63, 3.8) is 0 Å². The molecule has 1 aliphatic rings. The van der Waals surface area contributed by atoms with Crippen LogP contribution in [0.25, 0.3) is 11.0 Å². The van der Waals surface area contributed by atoms with Gasteiger partial charge in [-0.2, -0.15) is 0 Å². The van der Waals surface area contributed by atoms with E-state index in [1.807, 2.05) is 23.1 Å². The second kappa shape index (κ2) is 7.46. The standard InChI is InChI=1S/C22H23N3O3/c1-2-24-18-11-6-5-10-17(18)23-21(24)19-12-7-13-25(19)20(26)14-15-8-3-4-9-16(15)22(27)28/h3-6,8-11,19H,2,7,12-14H2,1H3,(H,27,28). The maximum atomic E-state index is 13.1. The number of likely N-dealkylation sites (tertiary alicyclic amines) is 1. The van der Waals surface area contributed by atoms with Crippen molar-refractivity contribution in [3.8, 4) is 0 Å². The van der Waals surface area contributed by atoms with Crippen molar-refractivity contribution >= 4 is 22.9 Å². The molecule has 0 spiro atoms. The Morgan fingerprint density at radius 2 is 1.89 bits per heavy atom. The van der Waals surface area contributed by atoms with Gasteiger partial charge in [0.1, 0.15) is 5.82 Å². The van der Waals surface area contributed by atoms with Crippen LogP contribution in [-0.2, 0) is 17.8 Å². The largest absolute Gasteiger partial charge is 0.478 e. The predicted molar refractivity (Wildman–Crippen MR) is 106 cm³/mol. The molecule has 1 unspecified atom stereocenters. The van der Waals surface area contributed by atoms with Gasteiger partial charge in [-0.25, -0.2) is 9.78 Å². The summed E-state index contributed by atoms with van der Waals surface area (Å²) >= 11 is 0. The maximum absolute atomic E-state index is 13.1. The SMILES string of the molecule is CCn1c(C2CCCN2C(=O)Cc2ccccc2C(=O)O)nc2ccccc21. The van der Waals surface area contributed by atoms with E-state index in [4.69, 9.17) is 4.98 Å². The Kier molecular flexibility index (Phi) is 4.86. The lowest BCUT2D eigenvalue weighted by Gasteiger charge is -2.25. The highest BCUT2D eigenvalue weighted by Gasteiger charge is 2.33. The number of carboxylic acid groups (broad SMARTS) is 1. The molecule has 28 heavy (non-hydrogen) atoms. The van der Waals surface area contributed by atoms with Crippen LogP contribution < -0.4 is 0 Å². The molecule has 0 bridgehead atoms. The van der Waals surface area contributed by atoms with Crippen molar-refractivity contribution in [3.05, 3.63) is 65.5 Å². The highest BCUT2D eigenvalue weighted by atomic mass is 16.4. The van der Waals surface area contributed by atoms with Crippen LogP contribution >= 0.6 is 0 Å². The number of nitrogens with zero attached hydrogens (tertiary/aromatic N) is 3. The normalized spacial score (nSPS) is 16.6. The van der Waals surface area contributed by atoms with Gasteiger partial charge in [0.15, 0.2) is 0 Å².